The predicted molar refractivity (Wildman–Crippen MR) is 58.4 cm³/mol. The van der Waals surface area contributed by atoms with E-state index in [0.29, 0.717) is 13.0 Å². The van der Waals surface area contributed by atoms with Gasteiger partial charge in [0, 0.05) is 11.6 Å². The largest absolute Gasteiger partial charge is 0.504 e. The molecule has 1 rings (SSSR count). The number of aromatic hydroxyl groups is 2. The molecule has 1 aromatic rings. The Kier molecular flexibility index (Phi) is 3.95. The monoisotopic (exact) mass is 229 g/mol. The summed E-state index contributed by atoms with van der Waals surface area (Å²) in [4.78, 5) is 0. The third kappa shape index (κ3) is 2.19. The zero-order valence-electron chi connectivity index (χ0n) is 9.33. The zero-order valence-corrected chi connectivity index (χ0v) is 9.33. The van der Waals surface area contributed by atoms with Gasteiger partial charge in [-0.3, -0.25) is 0 Å². The van der Waals surface area contributed by atoms with Crippen LogP contribution >= 0.6 is 0 Å². The number of ether oxygens (including phenoxy) is 1. The normalized spacial score (nSPS) is 12.5. The van der Waals surface area contributed by atoms with Gasteiger partial charge in [0.2, 0.25) is 0 Å². The highest BCUT2D eigenvalue weighted by Gasteiger charge is 2.22. The standard InChI is InChI=1S/C11H16FNO3/c1-6(3-4-13)9-10(12)8(16-2)5-7(14)11(9)15/h5-6,14-15H,3-4,13H2,1-2H3. The molecule has 0 fully saturated rings. The summed E-state index contributed by atoms with van der Waals surface area (Å²) >= 11 is 0. The maximum absolute atomic E-state index is 13.9. The number of benzene rings is 1. The van der Waals surface area contributed by atoms with Crippen molar-refractivity contribution in [2.75, 3.05) is 13.7 Å². The fraction of sp³-hybridized carbons (Fsp3) is 0.455. The summed E-state index contributed by atoms with van der Waals surface area (Å²) in [6, 6.07) is 1.04. The van der Waals surface area contributed by atoms with E-state index in [2.05, 4.69) is 0 Å². The molecule has 0 aliphatic rings. The molecule has 0 aliphatic carbocycles. The van der Waals surface area contributed by atoms with Crippen LogP contribution in [-0.4, -0.2) is 23.9 Å². The maximum atomic E-state index is 13.9. The van der Waals surface area contributed by atoms with Crippen LogP contribution in [0.5, 0.6) is 17.2 Å². The molecular formula is C11H16FNO3. The average Bonchev–Trinajstić information content (AvgIpc) is 2.24. The Hall–Kier alpha value is -1.49. The van der Waals surface area contributed by atoms with Crippen LogP contribution in [0.15, 0.2) is 6.07 Å². The number of halogens is 1. The summed E-state index contributed by atoms with van der Waals surface area (Å²) in [5, 5.41) is 19.0. The minimum Gasteiger partial charge on any atom is -0.504 e. The molecule has 0 radical (unpaired) electrons. The summed E-state index contributed by atoms with van der Waals surface area (Å²) < 4.78 is 18.6. The van der Waals surface area contributed by atoms with Crippen LogP contribution in [0.4, 0.5) is 4.39 Å². The van der Waals surface area contributed by atoms with Crippen molar-refractivity contribution in [3.05, 3.63) is 17.4 Å². The molecule has 0 heterocycles. The predicted octanol–water partition coefficient (Wildman–Crippen LogP) is 1.70. The van der Waals surface area contributed by atoms with Gasteiger partial charge in [-0.15, -0.1) is 0 Å². The first kappa shape index (κ1) is 12.6. The number of phenolic OH excluding ortho intramolecular Hbond substituents is 2. The third-order valence-electron chi connectivity index (χ3n) is 2.53. The second kappa shape index (κ2) is 5.03. The van der Waals surface area contributed by atoms with Gasteiger partial charge in [-0.1, -0.05) is 6.92 Å². The lowest BCUT2D eigenvalue weighted by molar-refractivity contribution is 0.355. The molecule has 1 unspecified atom stereocenters. The Bertz CT molecular complexity index is 382. The quantitative estimate of drug-likeness (QED) is 0.687. The van der Waals surface area contributed by atoms with Gasteiger partial charge in [0.15, 0.2) is 23.1 Å². The van der Waals surface area contributed by atoms with Gasteiger partial charge in [0.1, 0.15) is 0 Å². The Morgan fingerprint density at radius 1 is 1.50 bits per heavy atom. The van der Waals surface area contributed by atoms with Crippen molar-refractivity contribution in [3.8, 4) is 17.2 Å². The van der Waals surface area contributed by atoms with Crippen LogP contribution in [0, 0.1) is 5.82 Å². The van der Waals surface area contributed by atoms with Crippen molar-refractivity contribution >= 4 is 0 Å². The van der Waals surface area contributed by atoms with Crippen molar-refractivity contribution < 1.29 is 19.3 Å². The molecule has 0 saturated carbocycles. The molecule has 0 spiro atoms. The molecule has 0 bridgehead atoms. The number of hydrogen-bond donors (Lipinski definition) is 3. The summed E-state index contributed by atoms with van der Waals surface area (Å²) in [5.74, 6) is -1.87. The maximum Gasteiger partial charge on any atom is 0.172 e. The highest BCUT2D eigenvalue weighted by Crippen LogP contribution is 2.41. The minimum absolute atomic E-state index is 0.0438. The summed E-state index contributed by atoms with van der Waals surface area (Å²) in [5.41, 5.74) is 5.42. The third-order valence-corrected chi connectivity index (χ3v) is 2.53. The molecule has 4 N–H and O–H groups in total. The van der Waals surface area contributed by atoms with Gasteiger partial charge in [0.05, 0.1) is 7.11 Å². The van der Waals surface area contributed by atoms with E-state index in [9.17, 15) is 14.6 Å². The number of phenols is 2. The van der Waals surface area contributed by atoms with Crippen LogP contribution in [0.3, 0.4) is 0 Å². The van der Waals surface area contributed by atoms with Crippen LogP contribution in [0.1, 0.15) is 24.8 Å². The first-order chi connectivity index (χ1) is 7.52. The van der Waals surface area contributed by atoms with Crippen LogP contribution in [0.25, 0.3) is 0 Å². The first-order valence-electron chi connectivity index (χ1n) is 5.01. The van der Waals surface area contributed by atoms with E-state index in [1.807, 2.05) is 0 Å². The molecule has 16 heavy (non-hydrogen) atoms. The average molecular weight is 229 g/mol. The van der Waals surface area contributed by atoms with E-state index in [0.717, 1.165) is 6.07 Å². The highest BCUT2D eigenvalue weighted by molar-refractivity contribution is 5.52. The molecule has 0 saturated heterocycles. The van der Waals surface area contributed by atoms with Crippen LogP contribution in [-0.2, 0) is 0 Å². The summed E-state index contributed by atoms with van der Waals surface area (Å²) in [7, 11) is 1.30. The fourth-order valence-electron chi connectivity index (χ4n) is 1.62. The van der Waals surface area contributed by atoms with Gasteiger partial charge < -0.3 is 20.7 Å². The molecule has 90 valence electrons. The van der Waals surface area contributed by atoms with Gasteiger partial charge in [0.25, 0.3) is 0 Å². The van der Waals surface area contributed by atoms with Crippen LogP contribution in [0.2, 0.25) is 0 Å². The second-order valence-electron chi connectivity index (χ2n) is 3.65. The lowest BCUT2D eigenvalue weighted by Gasteiger charge is -2.16. The lowest BCUT2D eigenvalue weighted by Crippen LogP contribution is -2.07. The molecule has 0 aliphatic heterocycles. The van der Waals surface area contributed by atoms with E-state index < -0.39 is 17.3 Å². The first-order valence-corrected chi connectivity index (χ1v) is 5.01. The van der Waals surface area contributed by atoms with Gasteiger partial charge in [-0.25, -0.2) is 4.39 Å². The molecule has 4 nitrogen and oxygen atoms in total. The lowest BCUT2D eigenvalue weighted by atomic mass is 9.95. The topological polar surface area (TPSA) is 75.7 Å². The van der Waals surface area contributed by atoms with Gasteiger partial charge >= 0.3 is 0 Å². The number of rotatable bonds is 4. The Balaban J connectivity index is 3.29. The minimum atomic E-state index is -0.654. The Morgan fingerprint density at radius 2 is 2.12 bits per heavy atom. The fourth-order valence-corrected chi connectivity index (χ4v) is 1.62. The van der Waals surface area contributed by atoms with E-state index in [1.54, 1.807) is 6.92 Å². The van der Waals surface area contributed by atoms with Gasteiger partial charge in [-0.2, -0.15) is 0 Å². The number of methoxy groups -OCH3 is 1. The molecule has 1 aromatic carbocycles. The zero-order chi connectivity index (χ0) is 12.3. The van der Waals surface area contributed by atoms with Crippen molar-refractivity contribution in [3.63, 3.8) is 0 Å². The summed E-state index contributed by atoms with van der Waals surface area (Å²) in [6.07, 6.45) is 0.511. The van der Waals surface area contributed by atoms with Crippen molar-refractivity contribution in [2.45, 2.75) is 19.3 Å². The highest BCUT2D eigenvalue weighted by atomic mass is 19.1. The van der Waals surface area contributed by atoms with E-state index >= 15 is 0 Å². The van der Waals surface area contributed by atoms with Crippen LogP contribution < -0.4 is 10.5 Å². The Labute approximate surface area is 93.5 Å². The second-order valence-corrected chi connectivity index (χ2v) is 3.65. The van der Waals surface area contributed by atoms with E-state index in [1.165, 1.54) is 7.11 Å². The number of hydrogen-bond acceptors (Lipinski definition) is 4. The molecule has 0 amide bonds. The molecule has 1 atom stereocenters. The molecule has 0 aromatic heterocycles. The van der Waals surface area contributed by atoms with Gasteiger partial charge in [-0.05, 0) is 18.9 Å². The Morgan fingerprint density at radius 3 is 2.62 bits per heavy atom. The SMILES string of the molecule is COc1cc(O)c(O)c(C(C)CCN)c1F. The molecule has 5 heteroatoms. The smallest absolute Gasteiger partial charge is 0.172 e. The van der Waals surface area contributed by atoms with Crippen molar-refractivity contribution in [1.82, 2.24) is 0 Å². The van der Waals surface area contributed by atoms with E-state index in [4.69, 9.17) is 10.5 Å². The van der Waals surface area contributed by atoms with Crippen molar-refractivity contribution in [1.29, 1.82) is 0 Å². The molecular weight excluding hydrogens is 213 g/mol. The van der Waals surface area contributed by atoms with Crippen molar-refractivity contribution in [2.24, 2.45) is 5.73 Å². The summed E-state index contributed by atoms with van der Waals surface area (Å²) in [6.45, 7) is 2.10. The van der Waals surface area contributed by atoms with E-state index in [-0.39, 0.29) is 17.2 Å². The number of nitrogens with two attached hydrogens (primary N) is 1.